The molecule has 0 unspecified atom stereocenters. The van der Waals surface area contributed by atoms with E-state index in [2.05, 4.69) is 27.0 Å². The first-order chi connectivity index (χ1) is 8.83. The fourth-order valence-corrected chi connectivity index (χ4v) is 1.94. The molecule has 96 valence electrons. The highest BCUT2D eigenvalue weighted by Gasteiger charge is 2.07. The van der Waals surface area contributed by atoms with E-state index in [0.29, 0.717) is 0 Å². The van der Waals surface area contributed by atoms with Crippen LogP contribution in [0.25, 0.3) is 5.69 Å². The number of aromatic nitrogens is 2. The highest BCUT2D eigenvalue weighted by Crippen LogP contribution is 2.13. The van der Waals surface area contributed by atoms with Crippen LogP contribution in [0.3, 0.4) is 0 Å². The van der Waals surface area contributed by atoms with Crippen molar-refractivity contribution in [2.45, 2.75) is 13.5 Å². The van der Waals surface area contributed by atoms with Crippen LogP contribution in [0.2, 0.25) is 0 Å². The first kappa shape index (κ1) is 12.8. The lowest BCUT2D eigenvalue weighted by molar-refractivity contribution is 0.199. The Bertz CT molecular complexity index is 479. The van der Waals surface area contributed by atoms with Gasteiger partial charge >= 0.3 is 0 Å². The summed E-state index contributed by atoms with van der Waals surface area (Å²) in [4.78, 5) is 4.38. The first-order valence-corrected chi connectivity index (χ1v) is 6.11. The summed E-state index contributed by atoms with van der Waals surface area (Å²) in [6.07, 6.45) is 1.92. The fraction of sp³-hybridized carbons (Fsp3) is 0.357. The third-order valence-corrected chi connectivity index (χ3v) is 2.81. The third kappa shape index (κ3) is 2.97. The lowest BCUT2D eigenvalue weighted by atomic mass is 10.3. The molecule has 0 amide bonds. The molecular weight excluding hydrogens is 226 g/mol. The molecule has 1 heterocycles. The van der Waals surface area contributed by atoms with Gasteiger partial charge in [-0.25, -0.2) is 4.98 Å². The maximum absolute atomic E-state index is 5.01. The zero-order valence-electron chi connectivity index (χ0n) is 10.9. The minimum atomic E-state index is 0.721. The second-order valence-corrected chi connectivity index (χ2v) is 4.14. The number of nitrogens with one attached hydrogen (secondary N) is 1. The number of para-hydroxylation sites is 1. The van der Waals surface area contributed by atoms with Gasteiger partial charge in [0.2, 0.25) is 0 Å². The molecule has 0 saturated carbocycles. The molecule has 0 aliphatic carbocycles. The Morgan fingerprint density at radius 2 is 2.06 bits per heavy atom. The van der Waals surface area contributed by atoms with Crippen molar-refractivity contribution in [3.05, 3.63) is 48.0 Å². The Morgan fingerprint density at radius 1 is 1.28 bits per heavy atom. The van der Waals surface area contributed by atoms with Gasteiger partial charge in [-0.15, -0.1) is 0 Å². The molecule has 0 spiro atoms. The van der Waals surface area contributed by atoms with Crippen molar-refractivity contribution in [1.29, 1.82) is 0 Å². The Kier molecular flexibility index (Phi) is 4.50. The Labute approximate surface area is 108 Å². The maximum Gasteiger partial charge on any atom is 0.110 e. The zero-order chi connectivity index (χ0) is 12.8. The third-order valence-electron chi connectivity index (χ3n) is 2.81. The number of benzene rings is 1. The van der Waals surface area contributed by atoms with Crippen molar-refractivity contribution in [2.75, 3.05) is 20.3 Å². The van der Waals surface area contributed by atoms with Crippen LogP contribution in [0.4, 0.5) is 0 Å². The van der Waals surface area contributed by atoms with E-state index in [1.54, 1.807) is 7.11 Å². The quantitative estimate of drug-likeness (QED) is 0.790. The Morgan fingerprint density at radius 3 is 2.78 bits per heavy atom. The van der Waals surface area contributed by atoms with Gasteiger partial charge in [-0.2, -0.15) is 0 Å². The second-order valence-electron chi connectivity index (χ2n) is 4.14. The van der Waals surface area contributed by atoms with Gasteiger partial charge in [0.15, 0.2) is 0 Å². The number of imidazole rings is 1. The highest BCUT2D eigenvalue weighted by molar-refractivity contribution is 5.35. The largest absolute Gasteiger partial charge is 0.383 e. The zero-order valence-corrected chi connectivity index (χ0v) is 10.9. The fourth-order valence-electron chi connectivity index (χ4n) is 1.94. The molecule has 0 radical (unpaired) electrons. The SMILES string of the molecule is COCCNCc1cnc(C)n1-c1ccccc1. The van der Waals surface area contributed by atoms with Crippen molar-refractivity contribution >= 4 is 0 Å². The molecule has 0 fully saturated rings. The van der Waals surface area contributed by atoms with Crippen molar-refractivity contribution < 1.29 is 4.74 Å². The predicted molar refractivity (Wildman–Crippen MR) is 71.9 cm³/mol. The molecule has 0 atom stereocenters. The van der Waals surface area contributed by atoms with Gasteiger partial charge < -0.3 is 10.1 Å². The number of methoxy groups -OCH3 is 1. The van der Waals surface area contributed by atoms with E-state index < -0.39 is 0 Å². The number of aryl methyl sites for hydroxylation is 1. The number of hydrogen-bond donors (Lipinski definition) is 1. The standard InChI is InChI=1S/C14H19N3O/c1-12-16-11-14(10-15-8-9-18-2)17(12)13-6-4-3-5-7-13/h3-7,11,15H,8-10H2,1-2H3. The van der Waals surface area contributed by atoms with Crippen molar-refractivity contribution in [1.82, 2.24) is 14.9 Å². The predicted octanol–water partition coefficient (Wildman–Crippen LogP) is 1.92. The lowest BCUT2D eigenvalue weighted by Gasteiger charge is -2.11. The topological polar surface area (TPSA) is 39.1 Å². The average Bonchev–Trinajstić information content (AvgIpc) is 2.77. The van der Waals surface area contributed by atoms with E-state index in [9.17, 15) is 0 Å². The summed E-state index contributed by atoms with van der Waals surface area (Å²) in [6.45, 7) is 4.37. The van der Waals surface area contributed by atoms with E-state index in [1.807, 2.05) is 31.3 Å². The van der Waals surface area contributed by atoms with E-state index in [4.69, 9.17) is 4.74 Å². The Balaban J connectivity index is 2.12. The van der Waals surface area contributed by atoms with Gasteiger partial charge in [-0.05, 0) is 19.1 Å². The molecule has 1 aromatic heterocycles. The minimum Gasteiger partial charge on any atom is -0.383 e. The molecule has 4 nitrogen and oxygen atoms in total. The van der Waals surface area contributed by atoms with Crippen molar-refractivity contribution in [2.24, 2.45) is 0 Å². The second kappa shape index (κ2) is 6.33. The normalized spacial score (nSPS) is 10.8. The van der Waals surface area contributed by atoms with Crippen molar-refractivity contribution in [3.8, 4) is 5.69 Å². The van der Waals surface area contributed by atoms with E-state index in [1.165, 1.54) is 0 Å². The highest BCUT2D eigenvalue weighted by atomic mass is 16.5. The number of nitrogens with zero attached hydrogens (tertiary/aromatic N) is 2. The molecular formula is C14H19N3O. The van der Waals surface area contributed by atoms with Crippen LogP contribution in [-0.2, 0) is 11.3 Å². The van der Waals surface area contributed by atoms with Crippen LogP contribution >= 0.6 is 0 Å². The molecule has 0 saturated heterocycles. The van der Waals surface area contributed by atoms with Crippen LogP contribution in [0, 0.1) is 6.92 Å². The minimum absolute atomic E-state index is 0.721. The maximum atomic E-state index is 5.01. The summed E-state index contributed by atoms with van der Waals surface area (Å²) >= 11 is 0. The molecule has 4 heteroatoms. The first-order valence-electron chi connectivity index (χ1n) is 6.11. The van der Waals surface area contributed by atoms with Crippen LogP contribution < -0.4 is 5.32 Å². The number of ether oxygens (including phenoxy) is 1. The van der Waals surface area contributed by atoms with Crippen LogP contribution in [0.15, 0.2) is 36.5 Å². The van der Waals surface area contributed by atoms with Gasteiger partial charge in [-0.1, -0.05) is 18.2 Å². The van der Waals surface area contributed by atoms with Crippen LogP contribution in [0.1, 0.15) is 11.5 Å². The summed E-state index contributed by atoms with van der Waals surface area (Å²) in [7, 11) is 1.71. The van der Waals surface area contributed by atoms with E-state index in [0.717, 1.165) is 36.9 Å². The average molecular weight is 245 g/mol. The summed E-state index contributed by atoms with van der Waals surface area (Å²) in [5.74, 6) is 1.00. The summed E-state index contributed by atoms with van der Waals surface area (Å²) in [5.41, 5.74) is 2.31. The molecule has 0 bridgehead atoms. The van der Waals surface area contributed by atoms with Crippen LogP contribution in [-0.4, -0.2) is 29.8 Å². The smallest absolute Gasteiger partial charge is 0.110 e. The lowest BCUT2D eigenvalue weighted by Crippen LogP contribution is -2.20. The number of hydrogen-bond acceptors (Lipinski definition) is 3. The van der Waals surface area contributed by atoms with E-state index >= 15 is 0 Å². The van der Waals surface area contributed by atoms with Gasteiger partial charge in [0.25, 0.3) is 0 Å². The number of rotatable bonds is 6. The van der Waals surface area contributed by atoms with Gasteiger partial charge in [0.1, 0.15) is 5.82 Å². The Hall–Kier alpha value is -1.65. The van der Waals surface area contributed by atoms with Crippen molar-refractivity contribution in [3.63, 3.8) is 0 Å². The molecule has 1 N–H and O–H groups in total. The summed E-state index contributed by atoms with van der Waals surface area (Å²) in [6, 6.07) is 10.3. The molecule has 18 heavy (non-hydrogen) atoms. The molecule has 0 aliphatic heterocycles. The van der Waals surface area contributed by atoms with Gasteiger partial charge in [0.05, 0.1) is 18.5 Å². The van der Waals surface area contributed by atoms with Gasteiger partial charge in [-0.3, -0.25) is 4.57 Å². The summed E-state index contributed by atoms with van der Waals surface area (Å²) < 4.78 is 7.18. The van der Waals surface area contributed by atoms with Gasteiger partial charge in [0, 0.05) is 25.9 Å². The summed E-state index contributed by atoms with van der Waals surface area (Å²) in [5, 5.41) is 3.34. The molecule has 0 aliphatic rings. The van der Waals surface area contributed by atoms with E-state index in [-0.39, 0.29) is 0 Å². The molecule has 2 aromatic rings. The monoisotopic (exact) mass is 245 g/mol. The molecule has 1 aromatic carbocycles. The molecule has 2 rings (SSSR count). The van der Waals surface area contributed by atoms with Crippen LogP contribution in [0.5, 0.6) is 0 Å².